The van der Waals surface area contributed by atoms with E-state index in [1.54, 1.807) is 25.3 Å². The predicted octanol–water partition coefficient (Wildman–Crippen LogP) is 5.05. The molecule has 0 spiro atoms. The van der Waals surface area contributed by atoms with Gasteiger partial charge in [0.2, 0.25) is 0 Å². The lowest BCUT2D eigenvalue weighted by molar-refractivity contribution is -0.384. The van der Waals surface area contributed by atoms with Crippen LogP contribution < -0.4 is 9.47 Å². The number of nitro groups is 1. The van der Waals surface area contributed by atoms with Crippen LogP contribution in [0, 0.1) is 10.1 Å². The van der Waals surface area contributed by atoms with Crippen LogP contribution in [0.1, 0.15) is 10.6 Å². The van der Waals surface area contributed by atoms with E-state index in [0.29, 0.717) is 16.5 Å². The minimum atomic E-state index is -0.416. The average Bonchev–Trinajstić information content (AvgIpc) is 3.01. The van der Waals surface area contributed by atoms with E-state index in [1.165, 1.54) is 30.6 Å². The number of rotatable bonds is 5. The summed E-state index contributed by atoms with van der Waals surface area (Å²) in [7, 11) is 3.07. The van der Waals surface area contributed by atoms with Crippen molar-refractivity contribution in [2.24, 2.45) is 0 Å². The molecule has 1 aromatic heterocycles. The first-order valence-electron chi connectivity index (χ1n) is 7.16. The third-order valence-corrected chi connectivity index (χ3v) is 4.74. The first-order chi connectivity index (χ1) is 12.0. The van der Waals surface area contributed by atoms with Crippen LogP contribution in [0.25, 0.3) is 22.4 Å². The minimum Gasteiger partial charge on any atom is -0.493 e. The van der Waals surface area contributed by atoms with Gasteiger partial charge < -0.3 is 9.47 Å². The summed E-state index contributed by atoms with van der Waals surface area (Å²) in [6.45, 7) is 0. The normalized spacial score (nSPS) is 11.2. The summed E-state index contributed by atoms with van der Waals surface area (Å²) >= 11 is 7.57. The standard InChI is InChI=1S/C17H13ClN2O4S/c1-23-14-8-10(7-12(18)17(14)24-2)3-6-16-19-13-5-4-11(20(21)22)9-15(13)25-16/h3-9H,1-2H3/b6-3+. The van der Waals surface area contributed by atoms with Crippen molar-refractivity contribution in [1.29, 1.82) is 0 Å². The molecule has 1 heterocycles. The van der Waals surface area contributed by atoms with Gasteiger partial charge in [-0.3, -0.25) is 10.1 Å². The van der Waals surface area contributed by atoms with E-state index in [4.69, 9.17) is 21.1 Å². The Kier molecular flexibility index (Phi) is 4.87. The number of aromatic nitrogens is 1. The van der Waals surface area contributed by atoms with Gasteiger partial charge in [0.15, 0.2) is 11.5 Å². The zero-order valence-corrected chi connectivity index (χ0v) is 14.9. The number of methoxy groups -OCH3 is 2. The van der Waals surface area contributed by atoms with Gasteiger partial charge in [-0.1, -0.05) is 17.7 Å². The molecule has 6 nitrogen and oxygen atoms in total. The first-order valence-corrected chi connectivity index (χ1v) is 8.36. The van der Waals surface area contributed by atoms with Crippen molar-refractivity contribution in [2.45, 2.75) is 0 Å². The highest BCUT2D eigenvalue weighted by Crippen LogP contribution is 2.36. The second-order valence-electron chi connectivity index (χ2n) is 5.03. The van der Waals surface area contributed by atoms with Gasteiger partial charge in [0, 0.05) is 12.1 Å². The molecule has 0 saturated heterocycles. The van der Waals surface area contributed by atoms with Crippen molar-refractivity contribution in [3.63, 3.8) is 0 Å². The number of non-ortho nitro benzene ring substituents is 1. The summed E-state index contributed by atoms with van der Waals surface area (Å²) in [4.78, 5) is 14.9. The molecule has 128 valence electrons. The van der Waals surface area contributed by atoms with Gasteiger partial charge in [-0.2, -0.15) is 0 Å². The summed E-state index contributed by atoms with van der Waals surface area (Å²) in [6, 6.07) is 8.19. The van der Waals surface area contributed by atoms with Gasteiger partial charge in [0.05, 0.1) is 34.4 Å². The highest BCUT2D eigenvalue weighted by Gasteiger charge is 2.11. The number of nitro benzene ring substituents is 1. The van der Waals surface area contributed by atoms with E-state index < -0.39 is 4.92 Å². The summed E-state index contributed by atoms with van der Waals surface area (Å²) in [5, 5.41) is 12.0. The molecule has 0 amide bonds. The fourth-order valence-corrected chi connectivity index (χ4v) is 3.52. The maximum Gasteiger partial charge on any atom is 0.270 e. The van der Waals surface area contributed by atoms with Crippen molar-refractivity contribution < 1.29 is 14.4 Å². The topological polar surface area (TPSA) is 74.5 Å². The van der Waals surface area contributed by atoms with Gasteiger partial charge in [-0.05, 0) is 29.8 Å². The number of benzene rings is 2. The second kappa shape index (κ2) is 7.08. The Morgan fingerprint density at radius 2 is 2.00 bits per heavy atom. The Morgan fingerprint density at radius 3 is 2.68 bits per heavy atom. The molecule has 0 aliphatic heterocycles. The Balaban J connectivity index is 1.93. The number of nitrogens with zero attached hydrogens (tertiary/aromatic N) is 2. The molecule has 0 saturated carbocycles. The largest absolute Gasteiger partial charge is 0.493 e. The summed E-state index contributed by atoms with van der Waals surface area (Å²) in [5.74, 6) is 1.02. The van der Waals surface area contributed by atoms with Gasteiger partial charge in [-0.25, -0.2) is 4.98 Å². The number of hydrogen-bond acceptors (Lipinski definition) is 6. The van der Waals surface area contributed by atoms with Gasteiger partial charge in [-0.15, -0.1) is 11.3 Å². The molecule has 0 N–H and O–H groups in total. The molecule has 8 heteroatoms. The minimum absolute atomic E-state index is 0.0540. The molecular weight excluding hydrogens is 364 g/mol. The molecule has 0 aliphatic carbocycles. The molecule has 0 fully saturated rings. The van der Waals surface area contributed by atoms with Gasteiger partial charge in [0.1, 0.15) is 5.01 Å². The lowest BCUT2D eigenvalue weighted by Gasteiger charge is -2.10. The van der Waals surface area contributed by atoms with E-state index >= 15 is 0 Å². The summed E-state index contributed by atoms with van der Waals surface area (Å²) < 4.78 is 11.2. The third-order valence-electron chi connectivity index (χ3n) is 3.47. The lowest BCUT2D eigenvalue weighted by atomic mass is 10.2. The van der Waals surface area contributed by atoms with Crippen molar-refractivity contribution in [1.82, 2.24) is 4.98 Å². The third kappa shape index (κ3) is 3.57. The second-order valence-corrected chi connectivity index (χ2v) is 6.50. The molecule has 0 aliphatic rings. The molecule has 0 unspecified atom stereocenters. The molecule has 0 bridgehead atoms. The summed E-state index contributed by atoms with van der Waals surface area (Å²) in [5.41, 5.74) is 1.60. The van der Waals surface area contributed by atoms with Crippen LogP contribution in [0.3, 0.4) is 0 Å². The Labute approximate surface area is 152 Å². The van der Waals surface area contributed by atoms with Crippen LogP contribution in [0.5, 0.6) is 11.5 Å². The number of fused-ring (bicyclic) bond motifs is 1. The Morgan fingerprint density at radius 1 is 1.20 bits per heavy atom. The zero-order valence-electron chi connectivity index (χ0n) is 13.4. The monoisotopic (exact) mass is 376 g/mol. The molecule has 3 aromatic rings. The molecule has 2 aromatic carbocycles. The van der Waals surface area contributed by atoms with Gasteiger partial charge >= 0.3 is 0 Å². The van der Waals surface area contributed by atoms with Crippen molar-refractivity contribution in [2.75, 3.05) is 14.2 Å². The van der Waals surface area contributed by atoms with Crippen LogP contribution >= 0.6 is 22.9 Å². The Hall–Kier alpha value is -2.64. The highest BCUT2D eigenvalue weighted by molar-refractivity contribution is 7.19. The fraction of sp³-hybridized carbons (Fsp3) is 0.118. The maximum atomic E-state index is 10.8. The average molecular weight is 377 g/mol. The Bertz CT molecular complexity index is 984. The van der Waals surface area contributed by atoms with Crippen LogP contribution in [0.2, 0.25) is 5.02 Å². The van der Waals surface area contributed by atoms with Crippen molar-refractivity contribution in [3.8, 4) is 11.5 Å². The SMILES string of the molecule is COc1cc(/C=C/c2nc3ccc([N+](=O)[O-])cc3s2)cc(Cl)c1OC. The molecule has 0 atom stereocenters. The maximum absolute atomic E-state index is 10.8. The van der Waals surface area contributed by atoms with E-state index in [2.05, 4.69) is 4.98 Å². The van der Waals surface area contributed by atoms with Crippen LogP contribution in [-0.4, -0.2) is 24.1 Å². The molecule has 25 heavy (non-hydrogen) atoms. The molecular formula is C17H13ClN2O4S. The highest BCUT2D eigenvalue weighted by atomic mass is 35.5. The van der Waals surface area contributed by atoms with Gasteiger partial charge in [0.25, 0.3) is 5.69 Å². The zero-order chi connectivity index (χ0) is 18.0. The van der Waals surface area contributed by atoms with Crippen LogP contribution in [0.15, 0.2) is 30.3 Å². The van der Waals surface area contributed by atoms with E-state index in [0.717, 1.165) is 20.8 Å². The van der Waals surface area contributed by atoms with E-state index in [-0.39, 0.29) is 5.69 Å². The van der Waals surface area contributed by atoms with Crippen LogP contribution in [-0.2, 0) is 0 Å². The van der Waals surface area contributed by atoms with E-state index in [1.807, 2.05) is 12.2 Å². The number of thiazole rings is 1. The van der Waals surface area contributed by atoms with Crippen molar-refractivity contribution >= 4 is 51.0 Å². The van der Waals surface area contributed by atoms with Crippen molar-refractivity contribution in [3.05, 3.63) is 56.0 Å². The van der Waals surface area contributed by atoms with Crippen LogP contribution in [0.4, 0.5) is 5.69 Å². The smallest absolute Gasteiger partial charge is 0.270 e. The summed E-state index contributed by atoms with van der Waals surface area (Å²) in [6.07, 6.45) is 3.67. The van der Waals surface area contributed by atoms with E-state index in [9.17, 15) is 10.1 Å². The quantitative estimate of drug-likeness (QED) is 0.460. The molecule has 3 rings (SSSR count). The lowest BCUT2D eigenvalue weighted by Crippen LogP contribution is -1.92. The molecule has 0 radical (unpaired) electrons. The first kappa shape index (κ1) is 17.2. The number of ether oxygens (including phenoxy) is 2. The number of halogens is 1. The fourth-order valence-electron chi connectivity index (χ4n) is 2.32. The number of hydrogen-bond donors (Lipinski definition) is 0. The predicted molar refractivity (Wildman–Crippen MR) is 99.8 cm³/mol.